The number of nitrogens with zero attached hydrogens (tertiary/aromatic N) is 2. The van der Waals surface area contributed by atoms with Gasteiger partial charge in [-0.1, -0.05) is 54.0 Å². The molecular formula is C19H18ClN3O3. The minimum absolute atomic E-state index is 0.138. The number of benzene rings is 2. The second kappa shape index (κ2) is 8.49. The maximum Gasteiger partial charge on any atom is 0.261 e. The SMILES string of the molecule is CCC(Oc1ccc(Cl)cc1)C(=O)NCc1nc(-c2ccccc2)no1. The van der Waals surface area contributed by atoms with Crippen LogP contribution < -0.4 is 10.1 Å². The van der Waals surface area contributed by atoms with E-state index in [1.807, 2.05) is 37.3 Å². The Labute approximate surface area is 156 Å². The smallest absolute Gasteiger partial charge is 0.261 e. The third-order valence-electron chi connectivity index (χ3n) is 3.67. The quantitative estimate of drug-likeness (QED) is 0.682. The first-order valence-electron chi connectivity index (χ1n) is 8.23. The van der Waals surface area contributed by atoms with Crippen LogP contribution in [-0.2, 0) is 11.3 Å². The van der Waals surface area contributed by atoms with Gasteiger partial charge in [0.2, 0.25) is 11.7 Å². The first-order valence-corrected chi connectivity index (χ1v) is 8.61. The summed E-state index contributed by atoms with van der Waals surface area (Å²) >= 11 is 5.85. The van der Waals surface area contributed by atoms with E-state index in [-0.39, 0.29) is 12.5 Å². The van der Waals surface area contributed by atoms with E-state index in [1.54, 1.807) is 24.3 Å². The largest absolute Gasteiger partial charge is 0.481 e. The van der Waals surface area contributed by atoms with Crippen molar-refractivity contribution in [2.75, 3.05) is 0 Å². The second-order valence-corrected chi connectivity index (χ2v) is 6.00. The molecule has 1 atom stereocenters. The van der Waals surface area contributed by atoms with Gasteiger partial charge in [-0.15, -0.1) is 0 Å². The molecule has 3 rings (SSSR count). The summed E-state index contributed by atoms with van der Waals surface area (Å²) in [4.78, 5) is 16.6. The van der Waals surface area contributed by atoms with E-state index in [9.17, 15) is 4.79 Å². The molecule has 26 heavy (non-hydrogen) atoms. The number of halogens is 1. The molecule has 0 radical (unpaired) electrons. The van der Waals surface area contributed by atoms with Crippen LogP contribution in [0.4, 0.5) is 0 Å². The summed E-state index contributed by atoms with van der Waals surface area (Å²) in [6.45, 7) is 2.01. The molecule has 0 fully saturated rings. The van der Waals surface area contributed by atoms with Crippen molar-refractivity contribution in [3.05, 3.63) is 65.5 Å². The molecule has 1 amide bonds. The van der Waals surface area contributed by atoms with Gasteiger partial charge in [-0.3, -0.25) is 4.79 Å². The van der Waals surface area contributed by atoms with Gasteiger partial charge in [0.15, 0.2) is 6.10 Å². The molecule has 0 aliphatic heterocycles. The van der Waals surface area contributed by atoms with Crippen molar-refractivity contribution < 1.29 is 14.1 Å². The Hall–Kier alpha value is -2.86. The van der Waals surface area contributed by atoms with Crippen LogP contribution in [0.15, 0.2) is 59.1 Å². The predicted octanol–water partition coefficient (Wildman–Crippen LogP) is 3.86. The summed E-state index contributed by atoms with van der Waals surface area (Å²) < 4.78 is 10.9. The van der Waals surface area contributed by atoms with Gasteiger partial charge >= 0.3 is 0 Å². The molecule has 6 nitrogen and oxygen atoms in total. The Balaban J connectivity index is 1.57. The topological polar surface area (TPSA) is 77.2 Å². The van der Waals surface area contributed by atoms with Crippen molar-refractivity contribution >= 4 is 17.5 Å². The molecule has 0 aliphatic carbocycles. The number of amides is 1. The Morgan fingerprint density at radius 1 is 1.19 bits per heavy atom. The summed E-state index contributed by atoms with van der Waals surface area (Å²) in [5, 5.41) is 7.30. The predicted molar refractivity (Wildman–Crippen MR) is 97.7 cm³/mol. The van der Waals surface area contributed by atoms with E-state index >= 15 is 0 Å². The molecule has 1 N–H and O–H groups in total. The summed E-state index contributed by atoms with van der Waals surface area (Å²) in [5.74, 6) is 1.15. The number of nitrogens with one attached hydrogen (secondary N) is 1. The fourth-order valence-corrected chi connectivity index (χ4v) is 2.43. The monoisotopic (exact) mass is 371 g/mol. The lowest BCUT2D eigenvalue weighted by atomic mass is 10.2. The standard InChI is InChI=1S/C19H18ClN3O3/c1-2-16(25-15-10-8-14(20)9-11-15)19(24)21-12-17-22-18(23-26-17)13-6-4-3-5-7-13/h3-11,16H,2,12H2,1H3,(H,21,24). The zero-order valence-electron chi connectivity index (χ0n) is 14.2. The molecule has 0 spiro atoms. The minimum Gasteiger partial charge on any atom is -0.481 e. The molecule has 0 bridgehead atoms. The highest BCUT2D eigenvalue weighted by molar-refractivity contribution is 6.30. The van der Waals surface area contributed by atoms with Crippen molar-refractivity contribution in [2.24, 2.45) is 0 Å². The average Bonchev–Trinajstić information content (AvgIpc) is 3.15. The van der Waals surface area contributed by atoms with Crippen LogP contribution in [0.2, 0.25) is 5.02 Å². The summed E-state index contributed by atoms with van der Waals surface area (Å²) in [7, 11) is 0. The molecule has 1 unspecified atom stereocenters. The summed E-state index contributed by atoms with van der Waals surface area (Å²) in [6.07, 6.45) is -0.0965. The number of aromatic nitrogens is 2. The van der Waals surface area contributed by atoms with Gasteiger partial charge in [0, 0.05) is 10.6 Å². The van der Waals surface area contributed by atoms with Gasteiger partial charge in [0.25, 0.3) is 5.91 Å². The maximum atomic E-state index is 12.3. The zero-order valence-corrected chi connectivity index (χ0v) is 14.9. The van der Waals surface area contributed by atoms with Gasteiger partial charge in [0.1, 0.15) is 5.75 Å². The van der Waals surface area contributed by atoms with Gasteiger partial charge in [-0.05, 0) is 30.7 Å². The number of carbonyl (C=O) groups is 1. The first-order chi connectivity index (χ1) is 12.7. The third-order valence-corrected chi connectivity index (χ3v) is 3.92. The third kappa shape index (κ3) is 4.61. The highest BCUT2D eigenvalue weighted by Crippen LogP contribution is 2.18. The number of carbonyl (C=O) groups excluding carboxylic acids is 1. The highest BCUT2D eigenvalue weighted by atomic mass is 35.5. The molecule has 0 saturated carbocycles. The van der Waals surface area contributed by atoms with Crippen LogP contribution >= 0.6 is 11.6 Å². The summed E-state index contributed by atoms with van der Waals surface area (Å²) in [6, 6.07) is 16.4. The lowest BCUT2D eigenvalue weighted by Gasteiger charge is -2.16. The van der Waals surface area contributed by atoms with E-state index in [2.05, 4.69) is 15.5 Å². The number of hydrogen-bond acceptors (Lipinski definition) is 5. The number of hydrogen-bond donors (Lipinski definition) is 1. The van der Waals surface area contributed by atoms with Crippen LogP contribution in [0, 0.1) is 0 Å². The average molecular weight is 372 g/mol. The Bertz CT molecular complexity index is 850. The van der Waals surface area contributed by atoms with E-state index < -0.39 is 6.10 Å². The molecule has 0 saturated heterocycles. The second-order valence-electron chi connectivity index (χ2n) is 5.56. The van der Waals surface area contributed by atoms with Gasteiger partial charge in [0.05, 0.1) is 6.54 Å². The molecule has 7 heteroatoms. The molecule has 3 aromatic rings. The Kier molecular flexibility index (Phi) is 5.86. The van der Waals surface area contributed by atoms with Crippen LogP contribution in [0.5, 0.6) is 5.75 Å². The van der Waals surface area contributed by atoms with Gasteiger partial charge in [-0.2, -0.15) is 4.98 Å². The van der Waals surface area contributed by atoms with E-state index in [0.29, 0.717) is 28.9 Å². The van der Waals surface area contributed by atoms with Crippen molar-refractivity contribution in [3.63, 3.8) is 0 Å². The van der Waals surface area contributed by atoms with Crippen LogP contribution in [0.25, 0.3) is 11.4 Å². The van der Waals surface area contributed by atoms with Crippen molar-refractivity contribution in [1.29, 1.82) is 0 Å². The van der Waals surface area contributed by atoms with Crippen LogP contribution in [-0.4, -0.2) is 22.2 Å². The first kappa shape index (κ1) is 17.9. The normalized spacial score (nSPS) is 11.8. The lowest BCUT2D eigenvalue weighted by Crippen LogP contribution is -2.37. The van der Waals surface area contributed by atoms with Gasteiger partial charge in [-0.25, -0.2) is 0 Å². The van der Waals surface area contributed by atoms with Gasteiger partial charge < -0.3 is 14.6 Å². The molecular weight excluding hydrogens is 354 g/mol. The lowest BCUT2D eigenvalue weighted by molar-refractivity contribution is -0.128. The number of ether oxygens (including phenoxy) is 1. The summed E-state index contributed by atoms with van der Waals surface area (Å²) in [5.41, 5.74) is 0.853. The maximum absolute atomic E-state index is 12.3. The fourth-order valence-electron chi connectivity index (χ4n) is 2.31. The molecule has 2 aromatic carbocycles. The van der Waals surface area contributed by atoms with E-state index in [4.69, 9.17) is 20.9 Å². The molecule has 1 aromatic heterocycles. The van der Waals surface area contributed by atoms with Crippen LogP contribution in [0.1, 0.15) is 19.2 Å². The van der Waals surface area contributed by atoms with Crippen LogP contribution in [0.3, 0.4) is 0 Å². The van der Waals surface area contributed by atoms with E-state index in [1.165, 1.54) is 0 Å². The number of rotatable bonds is 7. The Morgan fingerprint density at radius 2 is 1.92 bits per heavy atom. The fraction of sp³-hybridized carbons (Fsp3) is 0.211. The minimum atomic E-state index is -0.618. The van der Waals surface area contributed by atoms with Crippen molar-refractivity contribution in [2.45, 2.75) is 26.0 Å². The zero-order chi connectivity index (χ0) is 18.4. The molecule has 0 aliphatic rings. The molecule has 134 valence electrons. The van der Waals surface area contributed by atoms with Crippen molar-refractivity contribution in [3.8, 4) is 17.1 Å². The highest BCUT2D eigenvalue weighted by Gasteiger charge is 2.19. The molecule has 1 heterocycles. The van der Waals surface area contributed by atoms with E-state index in [0.717, 1.165) is 5.56 Å². The van der Waals surface area contributed by atoms with Crippen molar-refractivity contribution in [1.82, 2.24) is 15.5 Å². The Morgan fingerprint density at radius 3 is 2.62 bits per heavy atom.